The van der Waals surface area contributed by atoms with E-state index in [4.69, 9.17) is 5.73 Å². The van der Waals surface area contributed by atoms with Gasteiger partial charge in [0.05, 0.1) is 27.9 Å². The summed E-state index contributed by atoms with van der Waals surface area (Å²) in [5.74, 6) is 0. The zero-order valence-corrected chi connectivity index (χ0v) is 25.0. The largest absolute Gasteiger partial charge is 0.396 e. The second kappa shape index (κ2) is 13.5. The van der Waals surface area contributed by atoms with Crippen LogP contribution in [0, 0.1) is 20.2 Å². The minimum Gasteiger partial charge on any atom is -0.396 e. The Bertz CT molecular complexity index is 2200. The van der Waals surface area contributed by atoms with Crippen molar-refractivity contribution in [2.75, 3.05) is 5.73 Å². The first-order valence-corrected chi connectivity index (χ1v) is 13.5. The van der Waals surface area contributed by atoms with Crippen molar-refractivity contribution >= 4 is 80.5 Å². The molecule has 0 aliphatic rings. The van der Waals surface area contributed by atoms with E-state index in [-0.39, 0.29) is 11.4 Å². The van der Waals surface area contributed by atoms with Gasteiger partial charge in [-0.1, -0.05) is 0 Å². The van der Waals surface area contributed by atoms with Crippen LogP contribution < -0.4 is 5.73 Å². The Balaban J connectivity index is 0.000000119. The summed E-state index contributed by atoms with van der Waals surface area (Å²) in [6.45, 7) is 0. The smallest absolute Gasteiger partial charge is 0.314 e. The van der Waals surface area contributed by atoms with E-state index in [0.717, 1.165) is 22.3 Å². The number of aromatic amines is 2. The number of nitrogen functional groups attached to an aromatic ring is 1. The first-order chi connectivity index (χ1) is 21.7. The van der Waals surface area contributed by atoms with Gasteiger partial charge in [-0.3, -0.25) is 25.2 Å². The number of nitrogens with two attached hydrogens (primary N) is 1. The van der Waals surface area contributed by atoms with E-state index in [1.54, 1.807) is 35.3 Å². The third-order valence-electron chi connectivity index (χ3n) is 5.77. The van der Waals surface area contributed by atoms with E-state index >= 15 is 0 Å². The summed E-state index contributed by atoms with van der Waals surface area (Å²) >= 11 is 0. The normalized spacial score (nSPS) is 10.4. The minimum absolute atomic E-state index is 0.0295. The van der Waals surface area contributed by atoms with Crippen molar-refractivity contribution in [1.29, 1.82) is 0 Å². The lowest BCUT2D eigenvalue weighted by Gasteiger charge is -1.90. The van der Waals surface area contributed by atoms with Gasteiger partial charge in [-0.25, -0.2) is 34.9 Å². The molecule has 8 aromatic heterocycles. The van der Waals surface area contributed by atoms with Crippen molar-refractivity contribution in [3.63, 3.8) is 0 Å². The number of hydrogen-bond acceptors (Lipinski definition) is 13. The maximum absolute atomic E-state index is 10.5. The maximum atomic E-state index is 10.5. The number of rotatable bonds is 2. The average molecular weight is 645 g/mol. The molecule has 0 aromatic carbocycles. The topological polar surface area (TPSA) is 257 Å². The van der Waals surface area contributed by atoms with Crippen molar-refractivity contribution in [3.8, 4) is 0 Å². The zero-order valence-electron chi connectivity index (χ0n) is 22.7. The molecule has 45 heavy (non-hydrogen) atoms. The van der Waals surface area contributed by atoms with Crippen LogP contribution in [-0.2, 0) is 0 Å². The van der Waals surface area contributed by atoms with Crippen molar-refractivity contribution in [1.82, 2.24) is 58.5 Å². The van der Waals surface area contributed by atoms with Crippen LogP contribution in [-0.4, -0.2) is 68.4 Å². The van der Waals surface area contributed by atoms with Crippen LogP contribution in [0.2, 0.25) is 0 Å². The highest BCUT2D eigenvalue weighted by molar-refractivity contribution is 7.15. The molecule has 4 N–H and O–H groups in total. The highest BCUT2D eigenvalue weighted by Gasteiger charge is 2.17. The SMILES string of the molecule is Nc1cn(P)c2nccnc12.O=[N+]([O-])c1c[nH]c2nccnc12.O=[N+]([O-])c1cn(P)c2nccnc12.c1cnc2[nH]ccc2n1. The predicted octanol–water partition coefficient (Wildman–Crippen LogP) is 3.45. The molecular formula is C24H21N15O4P2. The molecule has 0 aliphatic carbocycles. The van der Waals surface area contributed by atoms with Gasteiger partial charge in [-0.05, 0) is 24.8 Å². The van der Waals surface area contributed by atoms with E-state index in [0.29, 0.717) is 28.0 Å². The van der Waals surface area contributed by atoms with E-state index in [1.165, 1.54) is 41.5 Å². The number of anilines is 1. The number of aromatic nitrogens is 12. The Morgan fingerprint density at radius 1 is 0.644 bits per heavy atom. The van der Waals surface area contributed by atoms with Crippen LogP contribution in [0.1, 0.15) is 0 Å². The van der Waals surface area contributed by atoms with Gasteiger partial charge in [0.1, 0.15) is 11.0 Å². The first-order valence-electron chi connectivity index (χ1n) is 12.4. The number of fused-ring (bicyclic) bond motifs is 4. The molecule has 8 aromatic rings. The summed E-state index contributed by atoms with van der Waals surface area (Å²) < 4.78 is 3.28. The molecule has 0 saturated heterocycles. The van der Waals surface area contributed by atoms with E-state index in [9.17, 15) is 20.2 Å². The molecular weight excluding hydrogens is 624 g/mol. The van der Waals surface area contributed by atoms with Gasteiger partial charge in [-0.2, -0.15) is 0 Å². The van der Waals surface area contributed by atoms with Gasteiger partial charge in [0.2, 0.25) is 0 Å². The Hall–Kier alpha value is -6.06. The molecule has 8 heterocycles. The number of nitrogens with zero attached hydrogens (tertiary/aromatic N) is 12. The molecule has 2 unspecified atom stereocenters. The minimum atomic E-state index is -0.493. The number of nitro groups is 2. The molecule has 0 saturated carbocycles. The third-order valence-corrected chi connectivity index (χ3v) is 6.56. The summed E-state index contributed by atoms with van der Waals surface area (Å²) in [6.07, 6.45) is 18.7. The summed E-state index contributed by atoms with van der Waals surface area (Å²) in [7, 11) is 4.82. The van der Waals surface area contributed by atoms with Crippen molar-refractivity contribution in [2.24, 2.45) is 0 Å². The second-order valence-corrected chi connectivity index (χ2v) is 9.69. The van der Waals surface area contributed by atoms with Crippen LogP contribution >= 0.6 is 18.8 Å². The molecule has 226 valence electrons. The van der Waals surface area contributed by atoms with Gasteiger partial charge in [0.25, 0.3) is 0 Å². The maximum Gasteiger partial charge on any atom is 0.314 e. The van der Waals surface area contributed by atoms with Gasteiger partial charge in [0, 0.05) is 62.0 Å². The van der Waals surface area contributed by atoms with E-state index in [1.807, 2.05) is 12.3 Å². The lowest BCUT2D eigenvalue weighted by molar-refractivity contribution is -0.383. The van der Waals surface area contributed by atoms with Crippen LogP contribution in [0.5, 0.6) is 0 Å². The van der Waals surface area contributed by atoms with Crippen molar-refractivity contribution < 1.29 is 9.85 Å². The van der Waals surface area contributed by atoms with Gasteiger partial charge >= 0.3 is 11.4 Å². The quantitative estimate of drug-likeness (QED) is 0.138. The van der Waals surface area contributed by atoms with Gasteiger partial charge < -0.3 is 24.4 Å². The standard InChI is InChI=1S/C6H5N4O2P.C6H4N4O2.C6H7N4P.C6H5N3/c11-10(12)4-3-9(13)6-5(4)7-1-2-8-6;11-10(12)4-3-9-6-5(4)7-1-2-8-6;7-4-3-10(11)6-5(4)8-1-2-9-6;1-2-8-6-5(1)7-3-4-9-6/h1-3H,13H2;1-3H,(H,8,9);1-3H,7,11H2;1-4H,(H,8,9). The molecule has 0 fully saturated rings. The fraction of sp³-hybridized carbons (Fsp3) is 0. The van der Waals surface area contributed by atoms with Gasteiger partial charge in [0.15, 0.2) is 33.6 Å². The molecule has 0 bridgehead atoms. The fourth-order valence-electron chi connectivity index (χ4n) is 3.84. The average Bonchev–Trinajstić information content (AvgIpc) is 3.84. The Morgan fingerprint density at radius 3 is 1.82 bits per heavy atom. The van der Waals surface area contributed by atoms with Crippen LogP contribution in [0.4, 0.5) is 17.1 Å². The summed E-state index contributed by atoms with van der Waals surface area (Å²) in [5.41, 5.74) is 11.0. The third kappa shape index (κ3) is 6.79. The highest BCUT2D eigenvalue weighted by Crippen LogP contribution is 2.25. The van der Waals surface area contributed by atoms with E-state index in [2.05, 4.69) is 68.6 Å². The lowest BCUT2D eigenvalue weighted by Crippen LogP contribution is -1.86. The summed E-state index contributed by atoms with van der Waals surface area (Å²) in [5, 5.41) is 20.9. The van der Waals surface area contributed by atoms with Crippen LogP contribution in [0.3, 0.4) is 0 Å². The lowest BCUT2D eigenvalue weighted by atomic mass is 10.5. The Kier molecular flexibility index (Phi) is 9.12. The summed E-state index contributed by atoms with van der Waals surface area (Å²) in [6, 6.07) is 1.89. The predicted molar refractivity (Wildman–Crippen MR) is 171 cm³/mol. The molecule has 21 heteroatoms. The Morgan fingerprint density at radius 2 is 1.18 bits per heavy atom. The first kappa shape index (κ1) is 30.4. The number of H-pyrrole nitrogens is 2. The molecule has 19 nitrogen and oxygen atoms in total. The molecule has 8 rings (SSSR count). The number of nitrogens with one attached hydrogen (secondary N) is 2. The molecule has 0 radical (unpaired) electrons. The molecule has 0 spiro atoms. The van der Waals surface area contributed by atoms with Crippen molar-refractivity contribution in [2.45, 2.75) is 0 Å². The van der Waals surface area contributed by atoms with Gasteiger partial charge in [-0.15, -0.1) is 0 Å². The fourth-order valence-corrected chi connectivity index (χ4v) is 4.52. The van der Waals surface area contributed by atoms with Crippen molar-refractivity contribution in [3.05, 3.63) is 101 Å². The summed E-state index contributed by atoms with van der Waals surface area (Å²) in [4.78, 5) is 57.4. The highest BCUT2D eigenvalue weighted by atomic mass is 31.0. The molecule has 0 aliphatic heterocycles. The zero-order chi connectivity index (χ0) is 31.9. The molecule has 0 amide bonds. The monoisotopic (exact) mass is 645 g/mol. The number of hydrogen-bond donors (Lipinski definition) is 3. The van der Waals surface area contributed by atoms with Crippen LogP contribution in [0.15, 0.2) is 80.4 Å². The Labute approximate surface area is 255 Å². The van der Waals surface area contributed by atoms with Crippen LogP contribution in [0.25, 0.3) is 44.7 Å². The van der Waals surface area contributed by atoms with E-state index < -0.39 is 9.85 Å². The molecule has 2 atom stereocenters. The second-order valence-electron chi connectivity index (χ2n) is 8.58.